The van der Waals surface area contributed by atoms with Gasteiger partial charge in [-0.2, -0.15) is 10.5 Å². The molecule has 1 atom stereocenters. The van der Waals surface area contributed by atoms with Crippen molar-refractivity contribution in [1.82, 2.24) is 24.9 Å². The molecule has 1 fully saturated rings. The van der Waals surface area contributed by atoms with E-state index in [0.29, 0.717) is 33.0 Å². The molecule has 1 aliphatic rings. The summed E-state index contributed by atoms with van der Waals surface area (Å²) in [6.45, 7) is 8.75. The average Bonchev–Trinajstić information content (AvgIpc) is 3.55. The lowest BCUT2D eigenvalue weighted by Gasteiger charge is -2.40. The fourth-order valence-electron chi connectivity index (χ4n) is 5.96. The van der Waals surface area contributed by atoms with Crippen molar-refractivity contribution in [1.29, 1.82) is 10.5 Å². The van der Waals surface area contributed by atoms with Crippen molar-refractivity contribution in [3.63, 3.8) is 0 Å². The van der Waals surface area contributed by atoms with Crippen molar-refractivity contribution in [2.24, 2.45) is 0 Å². The van der Waals surface area contributed by atoms with Crippen LogP contribution in [0.3, 0.4) is 0 Å². The lowest BCUT2D eigenvalue weighted by Crippen LogP contribution is -2.46. The lowest BCUT2D eigenvalue weighted by atomic mass is 9.98. The first-order chi connectivity index (χ1) is 22.1. The number of hydrogen-bond acceptors (Lipinski definition) is 8. The van der Waals surface area contributed by atoms with Gasteiger partial charge in [0, 0.05) is 35.9 Å². The minimum atomic E-state index is -0.532. The summed E-state index contributed by atoms with van der Waals surface area (Å²) >= 11 is 6.79. The zero-order valence-electron chi connectivity index (χ0n) is 25.8. The van der Waals surface area contributed by atoms with Crippen molar-refractivity contribution in [2.75, 3.05) is 23.7 Å². The van der Waals surface area contributed by atoms with Gasteiger partial charge < -0.3 is 10.6 Å². The van der Waals surface area contributed by atoms with Gasteiger partial charge in [-0.05, 0) is 69.5 Å². The molecule has 0 aliphatic carbocycles. The summed E-state index contributed by atoms with van der Waals surface area (Å²) in [5.41, 5.74) is 4.13. The largest absolute Gasteiger partial charge is 0.373 e. The summed E-state index contributed by atoms with van der Waals surface area (Å²) in [5.74, 6) is -0.532. The molecule has 3 heterocycles. The number of aromatic nitrogens is 4. The van der Waals surface area contributed by atoms with E-state index in [1.54, 1.807) is 6.07 Å². The molecule has 11 heteroatoms. The predicted octanol–water partition coefficient (Wildman–Crippen LogP) is 7.74. The van der Waals surface area contributed by atoms with Gasteiger partial charge in [0.05, 0.1) is 51.3 Å². The molecule has 0 amide bonds. The third-order valence-electron chi connectivity index (χ3n) is 8.46. The molecule has 1 aliphatic heterocycles. The molecule has 1 unspecified atom stereocenters. The molecule has 2 aromatic heterocycles. The minimum absolute atomic E-state index is 0.102. The van der Waals surface area contributed by atoms with Gasteiger partial charge in [-0.3, -0.25) is 9.88 Å². The first kappa shape index (κ1) is 31.0. The molecule has 1 saturated heterocycles. The van der Waals surface area contributed by atoms with Crippen molar-refractivity contribution in [3.05, 3.63) is 106 Å². The van der Waals surface area contributed by atoms with E-state index in [4.69, 9.17) is 11.6 Å². The number of nitriles is 2. The maximum atomic E-state index is 13.9. The third-order valence-corrected chi connectivity index (χ3v) is 8.75. The van der Waals surface area contributed by atoms with E-state index in [1.165, 1.54) is 18.3 Å². The molecular weight excluding hydrogens is 601 g/mol. The maximum Gasteiger partial charge on any atom is 0.124 e. The molecule has 46 heavy (non-hydrogen) atoms. The number of rotatable bonds is 7. The summed E-state index contributed by atoms with van der Waals surface area (Å²) in [7, 11) is 0. The number of benzene rings is 3. The van der Waals surface area contributed by atoms with E-state index in [2.05, 4.69) is 57.7 Å². The SMILES string of the molecule is CC(C)(C)N1CCC(n2cc(C(Nc3cc(Cl)c4ncc(C#N)c(Nc5ccc(F)cc5C#N)c4c3)c3ccccc3)nn2)CC1. The summed E-state index contributed by atoms with van der Waals surface area (Å²) in [6, 6.07) is 21.6. The summed E-state index contributed by atoms with van der Waals surface area (Å²) < 4.78 is 15.9. The molecule has 9 nitrogen and oxygen atoms in total. The summed E-state index contributed by atoms with van der Waals surface area (Å²) in [5, 5.41) is 36.4. The molecular formula is C35H33ClFN9. The molecule has 6 rings (SSSR count). The molecule has 0 spiro atoms. The standard InChI is InChI=1S/C35H33ClFN9/c1-35(2,3)45-13-11-27(12-14-45)46-21-31(43-44-46)33(22-7-5-4-6-8-22)41-26-16-28-32(24(19-39)20-40-34(28)29(36)17-26)42-30-10-9-25(37)15-23(30)18-38/h4-10,15-17,20-21,27,33,41H,11-14H2,1-3H3,(H,40,42). The Bertz CT molecular complexity index is 1960. The Balaban J connectivity index is 1.36. The fraction of sp³-hybridized carbons (Fsp3) is 0.286. The number of fused-ring (bicyclic) bond motifs is 1. The van der Waals surface area contributed by atoms with Crippen molar-refractivity contribution in [2.45, 2.75) is 51.2 Å². The number of likely N-dealkylation sites (tertiary alicyclic amines) is 1. The Morgan fingerprint density at radius 3 is 2.43 bits per heavy atom. The third kappa shape index (κ3) is 6.36. The fourth-order valence-corrected chi connectivity index (χ4v) is 6.23. The number of piperidine rings is 1. The average molecular weight is 634 g/mol. The first-order valence-electron chi connectivity index (χ1n) is 15.1. The van der Waals surface area contributed by atoms with Crippen LogP contribution in [0, 0.1) is 28.5 Å². The zero-order chi connectivity index (χ0) is 32.4. The maximum absolute atomic E-state index is 13.9. The molecule has 2 N–H and O–H groups in total. The Morgan fingerprint density at radius 1 is 1.00 bits per heavy atom. The normalized spacial score (nSPS) is 14.8. The number of nitrogens with one attached hydrogen (secondary N) is 2. The number of pyridine rings is 1. The molecule has 0 saturated carbocycles. The summed E-state index contributed by atoms with van der Waals surface area (Å²) in [6.07, 6.45) is 5.44. The smallest absolute Gasteiger partial charge is 0.124 e. The Hall–Kier alpha value is -5.03. The highest BCUT2D eigenvalue weighted by Gasteiger charge is 2.29. The van der Waals surface area contributed by atoms with Crippen molar-refractivity contribution >= 4 is 39.6 Å². The molecule has 232 valence electrons. The molecule has 0 radical (unpaired) electrons. The van der Waals surface area contributed by atoms with Crippen LogP contribution in [0.5, 0.6) is 0 Å². The zero-order valence-corrected chi connectivity index (χ0v) is 26.6. The van der Waals surface area contributed by atoms with Gasteiger partial charge >= 0.3 is 0 Å². The second-order valence-electron chi connectivity index (χ2n) is 12.4. The van der Waals surface area contributed by atoms with Gasteiger partial charge in [-0.15, -0.1) is 5.10 Å². The van der Waals surface area contributed by atoms with Crippen LogP contribution in [0.2, 0.25) is 5.02 Å². The highest BCUT2D eigenvalue weighted by atomic mass is 35.5. The molecule has 0 bridgehead atoms. The van der Waals surface area contributed by atoms with Crippen molar-refractivity contribution in [3.8, 4) is 12.1 Å². The van der Waals surface area contributed by atoms with E-state index in [0.717, 1.165) is 43.3 Å². The summed E-state index contributed by atoms with van der Waals surface area (Å²) in [4.78, 5) is 6.95. The van der Waals surface area contributed by atoms with Gasteiger partial charge in [-0.1, -0.05) is 47.1 Å². The highest BCUT2D eigenvalue weighted by Crippen LogP contribution is 2.37. The van der Waals surface area contributed by atoms with Crippen LogP contribution in [0.1, 0.15) is 68.1 Å². The Labute approximate surface area is 272 Å². The second-order valence-corrected chi connectivity index (χ2v) is 12.8. The van der Waals surface area contributed by atoms with Gasteiger partial charge in [-0.25, -0.2) is 9.07 Å². The van der Waals surface area contributed by atoms with Crippen LogP contribution in [0.15, 0.2) is 73.1 Å². The van der Waals surface area contributed by atoms with Gasteiger partial charge in [0.1, 0.15) is 23.6 Å². The predicted molar refractivity (Wildman–Crippen MR) is 177 cm³/mol. The first-order valence-corrected chi connectivity index (χ1v) is 15.5. The number of hydrogen-bond donors (Lipinski definition) is 2. The highest BCUT2D eigenvalue weighted by molar-refractivity contribution is 6.36. The van der Waals surface area contributed by atoms with Gasteiger partial charge in [0.25, 0.3) is 0 Å². The lowest BCUT2D eigenvalue weighted by molar-refractivity contribution is 0.0866. The van der Waals surface area contributed by atoms with Gasteiger partial charge in [0.15, 0.2) is 0 Å². The number of nitrogens with zero attached hydrogens (tertiary/aromatic N) is 7. The van der Waals surface area contributed by atoms with E-state index in [-0.39, 0.29) is 28.7 Å². The van der Waals surface area contributed by atoms with E-state index in [9.17, 15) is 14.9 Å². The second kappa shape index (κ2) is 12.8. The molecule has 3 aromatic carbocycles. The topological polar surface area (TPSA) is 118 Å². The number of halogens is 2. The van der Waals surface area contributed by atoms with E-state index < -0.39 is 5.82 Å². The van der Waals surface area contributed by atoms with E-state index in [1.807, 2.05) is 53.3 Å². The van der Waals surface area contributed by atoms with Crippen LogP contribution in [0.4, 0.5) is 21.5 Å². The van der Waals surface area contributed by atoms with E-state index >= 15 is 0 Å². The van der Waals surface area contributed by atoms with Gasteiger partial charge in [0.2, 0.25) is 0 Å². The van der Waals surface area contributed by atoms with Crippen LogP contribution in [0.25, 0.3) is 10.9 Å². The van der Waals surface area contributed by atoms with Crippen LogP contribution < -0.4 is 10.6 Å². The monoisotopic (exact) mass is 633 g/mol. The van der Waals surface area contributed by atoms with Crippen LogP contribution in [-0.2, 0) is 0 Å². The molecule has 5 aromatic rings. The Morgan fingerprint density at radius 2 is 1.74 bits per heavy atom. The minimum Gasteiger partial charge on any atom is -0.373 e. The Kier molecular flexibility index (Phi) is 8.59. The van der Waals surface area contributed by atoms with Crippen molar-refractivity contribution < 1.29 is 4.39 Å². The number of anilines is 3. The van der Waals surface area contributed by atoms with Crippen LogP contribution >= 0.6 is 11.6 Å². The quantitative estimate of drug-likeness (QED) is 0.187. The van der Waals surface area contributed by atoms with Crippen LogP contribution in [-0.4, -0.2) is 43.5 Å².